The van der Waals surface area contributed by atoms with Gasteiger partial charge in [-0.2, -0.15) is 0 Å². The van der Waals surface area contributed by atoms with E-state index in [1.807, 2.05) is 0 Å². The predicted molar refractivity (Wildman–Crippen MR) is 105 cm³/mol. The molecule has 2 rings (SSSR count). The number of rotatable bonds is 8. The van der Waals surface area contributed by atoms with Gasteiger partial charge in [0.2, 0.25) is 17.7 Å². The summed E-state index contributed by atoms with van der Waals surface area (Å²) in [5.74, 6) is -5.84. The van der Waals surface area contributed by atoms with Gasteiger partial charge in [0.15, 0.2) is 11.7 Å². The van der Waals surface area contributed by atoms with E-state index >= 15 is 0 Å². The number of methoxy groups -OCH3 is 1. The van der Waals surface area contributed by atoms with Gasteiger partial charge in [-0.3, -0.25) is 9.59 Å². The topological polar surface area (TPSA) is 117 Å². The van der Waals surface area contributed by atoms with Crippen molar-refractivity contribution in [3.63, 3.8) is 0 Å². The Labute approximate surface area is 167 Å². The summed E-state index contributed by atoms with van der Waals surface area (Å²) in [4.78, 5) is 32.8. The number of halogens is 2. The van der Waals surface area contributed by atoms with Gasteiger partial charge in [-0.05, 0) is 19.1 Å². The second-order valence-corrected chi connectivity index (χ2v) is 6.18. The van der Waals surface area contributed by atoms with Gasteiger partial charge >= 0.3 is 0 Å². The molecule has 0 saturated heterocycles. The van der Waals surface area contributed by atoms with Crippen molar-refractivity contribution in [2.75, 3.05) is 17.7 Å². The molecule has 1 unspecified atom stereocenters. The Bertz CT molecular complexity index is 909. The van der Waals surface area contributed by atoms with Crippen LogP contribution < -0.4 is 15.4 Å². The van der Waals surface area contributed by atoms with Crippen LogP contribution in [-0.4, -0.2) is 34.6 Å². The number of anilines is 2. The van der Waals surface area contributed by atoms with Crippen LogP contribution in [0.25, 0.3) is 0 Å². The number of carbonyl (C=O) groups excluding carboxylic acids is 2. The third-order valence-corrected chi connectivity index (χ3v) is 4.04. The lowest BCUT2D eigenvalue weighted by molar-refractivity contribution is -0.126. The predicted octanol–water partition coefficient (Wildman–Crippen LogP) is 3.47. The largest absolute Gasteiger partial charge is 0.480 e. The zero-order valence-electron chi connectivity index (χ0n) is 16.1. The molecular formula is C19H23F2N5O3. The van der Waals surface area contributed by atoms with Crippen LogP contribution in [0.1, 0.15) is 27.3 Å². The van der Waals surface area contributed by atoms with Crippen molar-refractivity contribution in [3.8, 4) is 5.88 Å². The van der Waals surface area contributed by atoms with Crippen LogP contribution >= 0.6 is 0 Å². The minimum absolute atomic E-state index is 0. The van der Waals surface area contributed by atoms with Crippen LogP contribution in [-0.2, 0) is 15.5 Å². The maximum Gasteiger partial charge on any atom is 0.273 e. The van der Waals surface area contributed by atoms with Gasteiger partial charge < -0.3 is 20.8 Å². The minimum Gasteiger partial charge on any atom is -0.480 e. The maximum atomic E-state index is 13.9. The summed E-state index contributed by atoms with van der Waals surface area (Å²) in [6.45, 7) is 2.65. The first kappa shape index (κ1) is 21.9. The summed E-state index contributed by atoms with van der Waals surface area (Å²) in [6.07, 6.45) is 2.13. The number of amides is 2. The molecule has 0 aliphatic heterocycles. The molecule has 0 aliphatic rings. The third kappa shape index (κ3) is 5.53. The van der Waals surface area contributed by atoms with Gasteiger partial charge in [-0.15, -0.1) is 0 Å². The lowest BCUT2D eigenvalue weighted by Gasteiger charge is -2.18. The molecule has 2 amide bonds. The first-order chi connectivity index (χ1) is 13.7. The van der Waals surface area contributed by atoms with E-state index in [-0.39, 0.29) is 30.1 Å². The Morgan fingerprint density at radius 3 is 2.48 bits per heavy atom. The molecule has 0 aliphatic carbocycles. The molecule has 1 aromatic heterocycles. The molecule has 0 radical (unpaired) electrons. The van der Waals surface area contributed by atoms with Crippen LogP contribution in [0, 0.1) is 11.3 Å². The lowest BCUT2D eigenvalue weighted by Crippen LogP contribution is -2.38. The fraction of sp³-hybridized carbons (Fsp3) is 0.316. The Kier molecular flexibility index (Phi) is 6.92. The molecule has 156 valence electrons. The first-order valence-corrected chi connectivity index (χ1v) is 8.69. The molecule has 1 heterocycles. The number of aromatic nitrogens is 2. The molecule has 3 N–H and O–H groups in total. The first-order valence-electron chi connectivity index (χ1n) is 8.69. The SMILES string of the molecule is CCC(F)(F)c1cccc(NC(=O)C(C(C)=N)C(=O)Nc2cnc(OC)cn2)c1.[HH]. The molecule has 29 heavy (non-hydrogen) atoms. The van der Waals surface area contributed by atoms with Crippen LogP contribution in [0.15, 0.2) is 36.7 Å². The molecular weight excluding hydrogens is 384 g/mol. The quantitative estimate of drug-likeness (QED) is 0.458. The van der Waals surface area contributed by atoms with E-state index in [4.69, 9.17) is 10.1 Å². The Hall–Kier alpha value is -3.43. The van der Waals surface area contributed by atoms with E-state index in [0.29, 0.717) is 0 Å². The standard InChI is InChI=1S/C19H21F2N5O3.H2/c1-4-19(20,21)12-6-5-7-13(8-12)25-17(27)16(11(2)22)18(28)26-14-9-24-15(29-3)10-23-14;/h5-10,16,22H,4H2,1-3H3,(H,25,27)(H,23,26,28);1H. The van der Waals surface area contributed by atoms with Crippen molar-refractivity contribution in [1.29, 1.82) is 5.41 Å². The summed E-state index contributed by atoms with van der Waals surface area (Å²) in [5, 5.41) is 12.6. The van der Waals surface area contributed by atoms with Crippen molar-refractivity contribution < 1.29 is 24.5 Å². The van der Waals surface area contributed by atoms with E-state index in [0.717, 1.165) is 6.07 Å². The third-order valence-electron chi connectivity index (χ3n) is 4.04. The van der Waals surface area contributed by atoms with Crippen molar-refractivity contribution in [1.82, 2.24) is 9.97 Å². The zero-order valence-corrected chi connectivity index (χ0v) is 16.1. The highest BCUT2D eigenvalue weighted by molar-refractivity contribution is 6.24. The second-order valence-electron chi connectivity index (χ2n) is 6.18. The van der Waals surface area contributed by atoms with Crippen LogP contribution in [0.4, 0.5) is 20.3 Å². The average molecular weight is 407 g/mol. The molecule has 8 nitrogen and oxygen atoms in total. The summed E-state index contributed by atoms with van der Waals surface area (Å²) < 4.78 is 32.6. The highest BCUT2D eigenvalue weighted by Gasteiger charge is 2.31. The van der Waals surface area contributed by atoms with Gasteiger partial charge in [-0.1, -0.05) is 19.1 Å². The van der Waals surface area contributed by atoms with Crippen molar-refractivity contribution in [2.45, 2.75) is 26.2 Å². The molecule has 1 aromatic carbocycles. The number of hydrogen-bond donors (Lipinski definition) is 3. The van der Waals surface area contributed by atoms with Crippen molar-refractivity contribution >= 4 is 29.0 Å². The number of alkyl halides is 2. The van der Waals surface area contributed by atoms with Gasteiger partial charge in [0.25, 0.3) is 5.92 Å². The molecule has 0 bridgehead atoms. The number of ether oxygens (including phenoxy) is 1. The van der Waals surface area contributed by atoms with Gasteiger partial charge in [0.1, 0.15) is 0 Å². The highest BCUT2D eigenvalue weighted by Crippen LogP contribution is 2.32. The van der Waals surface area contributed by atoms with Crippen molar-refractivity contribution in [3.05, 3.63) is 42.2 Å². The number of nitrogens with zero attached hydrogens (tertiary/aromatic N) is 2. The molecule has 2 aromatic rings. The summed E-state index contributed by atoms with van der Waals surface area (Å²) >= 11 is 0. The molecule has 0 spiro atoms. The molecule has 1 atom stereocenters. The fourth-order valence-corrected chi connectivity index (χ4v) is 2.44. The summed E-state index contributed by atoms with van der Waals surface area (Å²) in [6, 6.07) is 5.21. The summed E-state index contributed by atoms with van der Waals surface area (Å²) in [5.41, 5.74) is -0.376. The fourth-order valence-electron chi connectivity index (χ4n) is 2.44. The normalized spacial score (nSPS) is 12.0. The summed E-state index contributed by atoms with van der Waals surface area (Å²) in [7, 11) is 1.41. The highest BCUT2D eigenvalue weighted by atomic mass is 19.3. The average Bonchev–Trinajstić information content (AvgIpc) is 2.68. The maximum absolute atomic E-state index is 13.9. The van der Waals surface area contributed by atoms with E-state index in [2.05, 4.69) is 20.6 Å². The Morgan fingerprint density at radius 1 is 1.24 bits per heavy atom. The number of nitrogens with one attached hydrogen (secondary N) is 3. The molecule has 10 heteroatoms. The molecule has 0 fully saturated rings. The number of hydrogen-bond acceptors (Lipinski definition) is 6. The Balaban J connectivity index is 0.00000450. The monoisotopic (exact) mass is 407 g/mol. The van der Waals surface area contributed by atoms with Crippen LogP contribution in [0.5, 0.6) is 5.88 Å². The van der Waals surface area contributed by atoms with E-state index in [1.54, 1.807) is 0 Å². The van der Waals surface area contributed by atoms with Crippen LogP contribution in [0.3, 0.4) is 0 Å². The van der Waals surface area contributed by atoms with Gasteiger partial charge in [0.05, 0.1) is 19.5 Å². The Morgan fingerprint density at radius 2 is 1.93 bits per heavy atom. The van der Waals surface area contributed by atoms with E-state index in [9.17, 15) is 18.4 Å². The van der Waals surface area contributed by atoms with Crippen LogP contribution in [0.2, 0.25) is 0 Å². The number of benzene rings is 1. The van der Waals surface area contributed by atoms with Gasteiger partial charge in [0, 0.05) is 24.8 Å². The second kappa shape index (κ2) is 9.18. The minimum atomic E-state index is -3.04. The van der Waals surface area contributed by atoms with E-state index in [1.165, 1.54) is 51.6 Å². The van der Waals surface area contributed by atoms with E-state index < -0.39 is 30.1 Å². The van der Waals surface area contributed by atoms with Crippen molar-refractivity contribution in [2.24, 2.45) is 5.92 Å². The smallest absolute Gasteiger partial charge is 0.273 e. The lowest BCUT2D eigenvalue weighted by atomic mass is 10.0. The molecule has 0 saturated carbocycles. The zero-order chi connectivity index (χ0) is 21.6. The van der Waals surface area contributed by atoms with Gasteiger partial charge in [-0.25, -0.2) is 18.7 Å². The number of carbonyl (C=O) groups is 2.